The van der Waals surface area contributed by atoms with E-state index in [4.69, 9.17) is 11.5 Å². The molecule has 0 aliphatic carbocycles. The third kappa shape index (κ3) is 2.94. The van der Waals surface area contributed by atoms with Gasteiger partial charge in [-0.05, 0) is 17.7 Å². The minimum Gasteiger partial charge on any atom is -0.370 e. The Morgan fingerprint density at radius 1 is 1.25 bits per heavy atom. The molecule has 3 rings (SSSR count). The molecule has 104 valence electrons. The summed E-state index contributed by atoms with van der Waals surface area (Å²) in [6.45, 7) is 0.468. The zero-order chi connectivity index (χ0) is 13.2. The molecule has 0 spiro atoms. The number of nitrogens with one attached hydrogen (secondary N) is 1. The molecule has 0 saturated carbocycles. The molecule has 1 aromatic carbocycles. The van der Waals surface area contributed by atoms with Gasteiger partial charge in [0.25, 0.3) is 0 Å². The number of guanidine groups is 1. The summed E-state index contributed by atoms with van der Waals surface area (Å²) in [7, 11) is 0. The maximum Gasteiger partial charge on any atom is 0.186 e. The number of aliphatic imine (C=N–C) groups is 1. The Balaban J connectivity index is 0.00000147. The molecule has 6 nitrogen and oxygen atoms in total. The van der Waals surface area contributed by atoms with Gasteiger partial charge in [0.15, 0.2) is 11.8 Å². The summed E-state index contributed by atoms with van der Waals surface area (Å²) < 4.78 is 0. The predicted molar refractivity (Wildman–Crippen MR) is 82.6 cm³/mol. The Hall–Kier alpha value is -1.99. The highest BCUT2D eigenvalue weighted by molar-refractivity contribution is 7.99. The number of rotatable bonds is 2. The Morgan fingerprint density at radius 3 is 2.85 bits per heavy atom. The Kier molecular flexibility index (Phi) is 4.31. The smallest absolute Gasteiger partial charge is 0.186 e. The van der Waals surface area contributed by atoms with Gasteiger partial charge in [0.1, 0.15) is 5.03 Å². The van der Waals surface area contributed by atoms with Crippen LogP contribution >= 0.6 is 24.2 Å². The third-order valence-electron chi connectivity index (χ3n) is 2.61. The Morgan fingerprint density at radius 2 is 2.05 bits per heavy atom. The molecular formula is C12H13ClN6S. The minimum absolute atomic E-state index is 0. The number of aromatic nitrogens is 2. The Bertz CT molecular complexity index is 656. The molecule has 0 amide bonds. The van der Waals surface area contributed by atoms with Crippen molar-refractivity contribution in [3.63, 3.8) is 0 Å². The highest BCUT2D eigenvalue weighted by Crippen LogP contribution is 2.41. The highest BCUT2D eigenvalue weighted by atomic mass is 35.5. The van der Waals surface area contributed by atoms with Crippen molar-refractivity contribution in [2.75, 3.05) is 5.32 Å². The van der Waals surface area contributed by atoms with E-state index in [2.05, 4.69) is 20.3 Å². The SMILES string of the molecule is Cl.NC(N)=NCc1ccc2c(c1)Nc1nccnc1S2. The predicted octanol–water partition coefficient (Wildman–Crippen LogP) is 1.88. The number of nitrogens with zero attached hydrogens (tertiary/aromatic N) is 3. The lowest BCUT2D eigenvalue weighted by molar-refractivity contribution is 1.03. The van der Waals surface area contributed by atoms with Crippen molar-refractivity contribution < 1.29 is 0 Å². The highest BCUT2D eigenvalue weighted by Gasteiger charge is 2.17. The van der Waals surface area contributed by atoms with Crippen LogP contribution in [0.3, 0.4) is 0 Å². The number of hydrogen-bond donors (Lipinski definition) is 3. The van der Waals surface area contributed by atoms with Crippen LogP contribution in [0.4, 0.5) is 11.5 Å². The molecule has 2 heterocycles. The zero-order valence-electron chi connectivity index (χ0n) is 10.4. The molecule has 1 aliphatic heterocycles. The first-order valence-electron chi connectivity index (χ1n) is 5.66. The van der Waals surface area contributed by atoms with E-state index < -0.39 is 0 Å². The van der Waals surface area contributed by atoms with Gasteiger partial charge >= 0.3 is 0 Å². The van der Waals surface area contributed by atoms with Gasteiger partial charge in [0.2, 0.25) is 0 Å². The van der Waals surface area contributed by atoms with Gasteiger partial charge in [-0.1, -0.05) is 17.8 Å². The Labute approximate surface area is 126 Å². The van der Waals surface area contributed by atoms with Gasteiger partial charge in [-0.15, -0.1) is 12.4 Å². The molecule has 0 saturated heterocycles. The molecule has 0 unspecified atom stereocenters. The summed E-state index contributed by atoms with van der Waals surface area (Å²) in [6, 6.07) is 6.05. The van der Waals surface area contributed by atoms with Crippen molar-refractivity contribution in [2.45, 2.75) is 16.5 Å². The molecule has 5 N–H and O–H groups in total. The topological polar surface area (TPSA) is 102 Å². The van der Waals surface area contributed by atoms with Crippen LogP contribution < -0.4 is 16.8 Å². The first-order valence-corrected chi connectivity index (χ1v) is 6.48. The van der Waals surface area contributed by atoms with E-state index in [0.717, 1.165) is 27.0 Å². The summed E-state index contributed by atoms with van der Waals surface area (Å²) in [5, 5.41) is 4.14. The van der Waals surface area contributed by atoms with Crippen LogP contribution in [0.1, 0.15) is 5.56 Å². The van der Waals surface area contributed by atoms with Crippen LogP contribution in [0.2, 0.25) is 0 Å². The second-order valence-corrected chi connectivity index (χ2v) is 5.04. The molecule has 8 heteroatoms. The number of anilines is 2. The monoisotopic (exact) mass is 308 g/mol. The van der Waals surface area contributed by atoms with Gasteiger partial charge < -0.3 is 16.8 Å². The van der Waals surface area contributed by atoms with Gasteiger partial charge in [-0.2, -0.15) is 0 Å². The van der Waals surface area contributed by atoms with Crippen LogP contribution in [0, 0.1) is 0 Å². The summed E-state index contributed by atoms with van der Waals surface area (Å²) in [6.07, 6.45) is 3.35. The number of hydrogen-bond acceptors (Lipinski definition) is 5. The van der Waals surface area contributed by atoms with Gasteiger partial charge in [0, 0.05) is 17.3 Å². The van der Waals surface area contributed by atoms with Crippen LogP contribution in [0.5, 0.6) is 0 Å². The molecule has 0 radical (unpaired) electrons. The fourth-order valence-corrected chi connectivity index (χ4v) is 2.64. The van der Waals surface area contributed by atoms with Gasteiger partial charge in [-0.3, -0.25) is 0 Å². The average molecular weight is 309 g/mol. The largest absolute Gasteiger partial charge is 0.370 e. The van der Waals surface area contributed by atoms with E-state index in [9.17, 15) is 0 Å². The number of nitrogens with two attached hydrogens (primary N) is 2. The molecule has 2 aromatic rings. The maximum absolute atomic E-state index is 5.33. The molecule has 0 fully saturated rings. The van der Waals surface area contributed by atoms with Crippen LogP contribution in [0.25, 0.3) is 0 Å². The van der Waals surface area contributed by atoms with Gasteiger partial charge in [-0.25, -0.2) is 15.0 Å². The quantitative estimate of drug-likeness (QED) is 0.493. The molecule has 1 aromatic heterocycles. The van der Waals surface area contributed by atoms with Gasteiger partial charge in [0.05, 0.1) is 12.2 Å². The average Bonchev–Trinajstić information content (AvgIpc) is 2.42. The standard InChI is InChI=1S/C12H12N6S.ClH/c13-12(14)17-6-7-1-2-9-8(5-7)18-10-11(19-9)16-4-3-15-10;/h1-5H,6H2,(H,15,18)(H4,13,14,17);1H. The van der Waals surface area contributed by atoms with Crippen molar-refractivity contribution in [3.8, 4) is 0 Å². The summed E-state index contributed by atoms with van der Waals surface area (Å²) >= 11 is 1.59. The summed E-state index contributed by atoms with van der Waals surface area (Å²) in [5.41, 5.74) is 12.7. The van der Waals surface area contributed by atoms with E-state index in [-0.39, 0.29) is 18.4 Å². The second-order valence-electron chi connectivity index (χ2n) is 4.01. The number of benzene rings is 1. The zero-order valence-corrected chi connectivity index (χ0v) is 12.0. The summed E-state index contributed by atoms with van der Waals surface area (Å²) in [5.74, 6) is 0.871. The first kappa shape index (κ1) is 14.4. The van der Waals surface area contributed by atoms with Crippen LogP contribution in [-0.4, -0.2) is 15.9 Å². The van der Waals surface area contributed by atoms with Crippen LogP contribution in [-0.2, 0) is 6.54 Å². The van der Waals surface area contributed by atoms with E-state index in [0.29, 0.717) is 6.54 Å². The lowest BCUT2D eigenvalue weighted by atomic mass is 10.2. The van der Waals surface area contributed by atoms with E-state index in [1.54, 1.807) is 24.2 Å². The van der Waals surface area contributed by atoms with E-state index in [1.165, 1.54) is 0 Å². The molecule has 0 bridgehead atoms. The van der Waals surface area contributed by atoms with Crippen molar-refractivity contribution >= 4 is 41.6 Å². The molecule has 20 heavy (non-hydrogen) atoms. The van der Waals surface area contributed by atoms with Crippen molar-refractivity contribution in [1.29, 1.82) is 0 Å². The van der Waals surface area contributed by atoms with E-state index >= 15 is 0 Å². The fourth-order valence-electron chi connectivity index (χ4n) is 1.76. The van der Waals surface area contributed by atoms with E-state index in [1.807, 2.05) is 18.2 Å². The number of fused-ring (bicyclic) bond motifs is 2. The first-order chi connectivity index (χ1) is 9.22. The third-order valence-corrected chi connectivity index (χ3v) is 3.68. The van der Waals surface area contributed by atoms with Crippen LogP contribution in [0.15, 0.2) is 45.5 Å². The van der Waals surface area contributed by atoms with Crippen molar-refractivity contribution in [1.82, 2.24) is 9.97 Å². The lowest BCUT2D eigenvalue weighted by Crippen LogP contribution is -2.22. The normalized spacial score (nSPS) is 11.4. The number of halogens is 1. The fraction of sp³-hybridized carbons (Fsp3) is 0.0833. The second kappa shape index (κ2) is 5.98. The molecule has 1 aliphatic rings. The van der Waals surface area contributed by atoms with Crippen molar-refractivity contribution in [2.24, 2.45) is 16.5 Å². The maximum atomic E-state index is 5.33. The van der Waals surface area contributed by atoms with Crippen molar-refractivity contribution in [3.05, 3.63) is 36.2 Å². The minimum atomic E-state index is 0. The molecule has 0 atom stereocenters. The summed E-state index contributed by atoms with van der Waals surface area (Å²) in [4.78, 5) is 13.7. The molecular weight excluding hydrogens is 296 g/mol. The lowest BCUT2D eigenvalue weighted by Gasteiger charge is -2.19.